The molecule has 0 atom stereocenters. The molecule has 1 nitrogen and oxygen atoms in total. The van der Waals surface area contributed by atoms with E-state index in [1.807, 2.05) is 0 Å². The number of hydrogen-bond donors (Lipinski definition) is 0. The summed E-state index contributed by atoms with van der Waals surface area (Å²) >= 11 is 0. The summed E-state index contributed by atoms with van der Waals surface area (Å²) in [5.41, 5.74) is 6.42. The van der Waals surface area contributed by atoms with Crippen LogP contribution in [0.2, 0.25) is 0 Å². The molecule has 0 fully saturated rings. The van der Waals surface area contributed by atoms with Gasteiger partial charge >= 0.3 is 0 Å². The molecule has 4 aromatic rings. The lowest BCUT2D eigenvalue weighted by molar-refractivity contribution is 1.35. The number of nitrogens with zero attached hydrogens (tertiary/aromatic N) is 1. The fourth-order valence-electron chi connectivity index (χ4n) is 2.58. The molecule has 0 spiro atoms. The van der Waals surface area contributed by atoms with Gasteiger partial charge in [-0.2, -0.15) is 0 Å². The summed E-state index contributed by atoms with van der Waals surface area (Å²) in [6.45, 7) is 0. The molecular formula is C16H11N. The Morgan fingerprint density at radius 3 is 2.35 bits per heavy atom. The fourth-order valence-corrected chi connectivity index (χ4v) is 2.58. The molecule has 0 aliphatic rings. The number of benzene rings is 1. The summed E-state index contributed by atoms with van der Waals surface area (Å²) in [4.78, 5) is 0. The zero-order valence-corrected chi connectivity index (χ0v) is 9.30. The van der Waals surface area contributed by atoms with Gasteiger partial charge in [-0.1, -0.05) is 36.4 Å². The highest BCUT2D eigenvalue weighted by Gasteiger charge is 2.09. The predicted molar refractivity (Wildman–Crippen MR) is 71.5 cm³/mol. The fraction of sp³-hybridized carbons (Fsp3) is 0. The van der Waals surface area contributed by atoms with Crippen molar-refractivity contribution in [3.8, 4) is 11.1 Å². The second kappa shape index (κ2) is 3.11. The van der Waals surface area contributed by atoms with Gasteiger partial charge in [-0.15, -0.1) is 0 Å². The molecule has 0 bridgehead atoms. The number of aromatic nitrogens is 1. The average Bonchev–Trinajstić information content (AvgIpc) is 2.97. The molecule has 0 unspecified atom stereocenters. The van der Waals surface area contributed by atoms with Crippen LogP contribution >= 0.6 is 0 Å². The van der Waals surface area contributed by atoms with Crippen molar-refractivity contribution in [2.75, 3.05) is 0 Å². The highest BCUT2D eigenvalue weighted by Crippen LogP contribution is 2.31. The molecule has 0 aliphatic heterocycles. The van der Waals surface area contributed by atoms with Crippen molar-refractivity contribution in [3.05, 3.63) is 66.7 Å². The molecule has 4 rings (SSSR count). The Balaban J connectivity index is 2.15. The van der Waals surface area contributed by atoms with E-state index in [-0.39, 0.29) is 0 Å². The van der Waals surface area contributed by atoms with E-state index in [0.29, 0.717) is 0 Å². The van der Waals surface area contributed by atoms with Gasteiger partial charge in [0.25, 0.3) is 0 Å². The predicted octanol–water partition coefficient (Wildman–Crippen LogP) is 4.20. The van der Waals surface area contributed by atoms with Crippen LogP contribution in [0.5, 0.6) is 0 Å². The van der Waals surface area contributed by atoms with Gasteiger partial charge in [0.05, 0.1) is 5.52 Å². The summed E-state index contributed by atoms with van der Waals surface area (Å²) in [5, 5.41) is 0. The second-order valence-corrected chi connectivity index (χ2v) is 4.35. The van der Waals surface area contributed by atoms with Gasteiger partial charge in [0.1, 0.15) is 0 Å². The molecule has 1 heteroatoms. The Kier molecular flexibility index (Phi) is 1.61. The molecule has 3 aromatic heterocycles. The first kappa shape index (κ1) is 8.82. The lowest BCUT2D eigenvalue weighted by Gasteiger charge is -1.97. The van der Waals surface area contributed by atoms with Crippen LogP contribution < -0.4 is 0 Å². The Labute approximate surface area is 99.3 Å². The lowest BCUT2D eigenvalue weighted by Crippen LogP contribution is -1.79. The normalized spacial score (nSPS) is 11.5. The van der Waals surface area contributed by atoms with Crippen LogP contribution in [0.4, 0.5) is 0 Å². The standard InChI is InChI=1S/C16H11N/c1-2-5-12(6-3-1)15-11-14-8-4-7-13-9-10-16(15)17(13)14/h1-11H. The minimum atomic E-state index is 1.26. The molecule has 17 heavy (non-hydrogen) atoms. The SMILES string of the molecule is c1ccc(-c2cc3cccc4ccc2n43)cc1. The molecule has 0 saturated carbocycles. The third-order valence-corrected chi connectivity index (χ3v) is 3.36. The van der Waals surface area contributed by atoms with Gasteiger partial charge < -0.3 is 4.40 Å². The largest absolute Gasteiger partial charge is 0.310 e. The topological polar surface area (TPSA) is 4.41 Å². The van der Waals surface area contributed by atoms with Crippen molar-refractivity contribution in [1.29, 1.82) is 0 Å². The van der Waals surface area contributed by atoms with Gasteiger partial charge in [-0.3, -0.25) is 0 Å². The summed E-state index contributed by atoms with van der Waals surface area (Å²) in [6, 6.07) is 23.6. The second-order valence-electron chi connectivity index (χ2n) is 4.35. The first-order valence-corrected chi connectivity index (χ1v) is 5.81. The van der Waals surface area contributed by atoms with Crippen LogP contribution in [-0.4, -0.2) is 4.40 Å². The van der Waals surface area contributed by atoms with E-state index in [4.69, 9.17) is 0 Å². The molecule has 3 heterocycles. The number of rotatable bonds is 1. The number of pyridine rings is 1. The van der Waals surface area contributed by atoms with Gasteiger partial charge in [0, 0.05) is 16.6 Å². The van der Waals surface area contributed by atoms with Crippen molar-refractivity contribution >= 4 is 16.6 Å². The Morgan fingerprint density at radius 2 is 1.47 bits per heavy atom. The molecule has 0 saturated heterocycles. The van der Waals surface area contributed by atoms with E-state index >= 15 is 0 Å². The first-order valence-electron chi connectivity index (χ1n) is 5.81. The third kappa shape index (κ3) is 1.14. The highest BCUT2D eigenvalue weighted by molar-refractivity contribution is 5.90. The van der Waals surface area contributed by atoms with Crippen LogP contribution in [0.1, 0.15) is 0 Å². The van der Waals surface area contributed by atoms with Gasteiger partial charge in [-0.05, 0) is 35.9 Å². The highest BCUT2D eigenvalue weighted by atomic mass is 14.9. The van der Waals surface area contributed by atoms with Crippen molar-refractivity contribution in [2.45, 2.75) is 0 Å². The lowest BCUT2D eigenvalue weighted by atomic mass is 10.1. The van der Waals surface area contributed by atoms with Crippen molar-refractivity contribution < 1.29 is 0 Å². The van der Waals surface area contributed by atoms with Crippen LogP contribution in [-0.2, 0) is 0 Å². The molecule has 0 radical (unpaired) electrons. The Morgan fingerprint density at radius 1 is 0.647 bits per heavy atom. The van der Waals surface area contributed by atoms with E-state index in [1.165, 1.54) is 27.7 Å². The smallest absolute Gasteiger partial charge is 0.0541 e. The molecule has 1 aromatic carbocycles. The monoisotopic (exact) mass is 217 g/mol. The molecule has 0 aliphatic carbocycles. The average molecular weight is 217 g/mol. The molecule has 0 amide bonds. The maximum atomic E-state index is 2.31. The van der Waals surface area contributed by atoms with E-state index in [9.17, 15) is 0 Å². The maximum Gasteiger partial charge on any atom is 0.0541 e. The quantitative estimate of drug-likeness (QED) is 0.450. The third-order valence-electron chi connectivity index (χ3n) is 3.36. The summed E-state index contributed by atoms with van der Waals surface area (Å²) in [5.74, 6) is 0. The molecular weight excluding hydrogens is 206 g/mol. The Bertz CT molecular complexity index is 781. The van der Waals surface area contributed by atoms with Gasteiger partial charge in [0.15, 0.2) is 0 Å². The van der Waals surface area contributed by atoms with Crippen LogP contribution in [0.25, 0.3) is 27.7 Å². The summed E-state index contributed by atoms with van der Waals surface area (Å²) in [6.07, 6.45) is 0. The van der Waals surface area contributed by atoms with E-state index in [1.54, 1.807) is 0 Å². The van der Waals surface area contributed by atoms with Crippen molar-refractivity contribution in [3.63, 3.8) is 0 Å². The van der Waals surface area contributed by atoms with Gasteiger partial charge in [-0.25, -0.2) is 0 Å². The van der Waals surface area contributed by atoms with E-state index < -0.39 is 0 Å². The summed E-state index contributed by atoms with van der Waals surface area (Å²) < 4.78 is 2.31. The number of hydrogen-bond acceptors (Lipinski definition) is 0. The van der Waals surface area contributed by atoms with Crippen LogP contribution in [0.3, 0.4) is 0 Å². The minimum Gasteiger partial charge on any atom is -0.310 e. The van der Waals surface area contributed by atoms with Gasteiger partial charge in [0.2, 0.25) is 0 Å². The van der Waals surface area contributed by atoms with E-state index in [0.717, 1.165) is 0 Å². The Hall–Kier alpha value is -2.28. The summed E-state index contributed by atoms with van der Waals surface area (Å²) in [7, 11) is 0. The maximum absolute atomic E-state index is 2.31. The van der Waals surface area contributed by atoms with Crippen LogP contribution in [0, 0.1) is 0 Å². The first-order chi connectivity index (χ1) is 8.43. The molecule has 80 valence electrons. The van der Waals surface area contributed by atoms with Crippen molar-refractivity contribution in [2.24, 2.45) is 0 Å². The van der Waals surface area contributed by atoms with E-state index in [2.05, 4.69) is 71.1 Å². The zero-order chi connectivity index (χ0) is 11.2. The van der Waals surface area contributed by atoms with Crippen LogP contribution in [0.15, 0.2) is 66.7 Å². The zero-order valence-electron chi connectivity index (χ0n) is 9.30. The van der Waals surface area contributed by atoms with Crippen molar-refractivity contribution in [1.82, 2.24) is 4.40 Å². The molecule has 0 N–H and O–H groups in total. The minimum absolute atomic E-state index is 1.26.